The Morgan fingerprint density at radius 3 is 2.48 bits per heavy atom. The molecule has 0 saturated carbocycles. The van der Waals surface area contributed by atoms with Crippen molar-refractivity contribution in [2.24, 2.45) is 5.14 Å². The maximum Gasteiger partial charge on any atom is 0.344 e. The SMILES string of the molecule is C[C@@H](OC(=O)COc1ccc(F)cc1)C(=O)Nc1cccc(S(N)(=O)=O)c1. The molecule has 0 bridgehead atoms. The van der Waals surface area contributed by atoms with Crippen LogP contribution in [0.25, 0.3) is 0 Å². The lowest BCUT2D eigenvalue weighted by atomic mass is 10.3. The lowest BCUT2D eigenvalue weighted by molar-refractivity contribution is -0.155. The normalized spacial score (nSPS) is 12.1. The third-order valence-corrected chi connectivity index (χ3v) is 4.19. The summed E-state index contributed by atoms with van der Waals surface area (Å²) in [5, 5.41) is 7.45. The van der Waals surface area contributed by atoms with E-state index in [1.165, 1.54) is 55.5 Å². The van der Waals surface area contributed by atoms with Crippen LogP contribution in [0.4, 0.5) is 10.1 Å². The molecule has 0 saturated heterocycles. The minimum absolute atomic E-state index is 0.169. The zero-order chi connectivity index (χ0) is 20.0. The Hall–Kier alpha value is -2.98. The molecule has 3 N–H and O–H groups in total. The molecule has 2 aromatic rings. The van der Waals surface area contributed by atoms with E-state index in [2.05, 4.69) is 5.32 Å². The quantitative estimate of drug-likeness (QED) is 0.682. The first-order chi connectivity index (χ1) is 12.6. The summed E-state index contributed by atoms with van der Waals surface area (Å²) in [5.74, 6) is -1.65. The lowest BCUT2D eigenvalue weighted by Gasteiger charge is -2.14. The van der Waals surface area contributed by atoms with E-state index in [4.69, 9.17) is 14.6 Å². The van der Waals surface area contributed by atoms with Gasteiger partial charge in [-0.25, -0.2) is 22.7 Å². The monoisotopic (exact) mass is 396 g/mol. The predicted octanol–water partition coefficient (Wildman–Crippen LogP) is 1.42. The van der Waals surface area contributed by atoms with Crippen molar-refractivity contribution < 1.29 is 31.9 Å². The van der Waals surface area contributed by atoms with Crippen molar-refractivity contribution in [2.45, 2.75) is 17.9 Å². The highest BCUT2D eigenvalue weighted by Crippen LogP contribution is 2.15. The van der Waals surface area contributed by atoms with Crippen molar-refractivity contribution in [1.29, 1.82) is 0 Å². The molecular formula is C17H17FN2O6S. The van der Waals surface area contributed by atoms with Crippen LogP contribution in [0.5, 0.6) is 5.75 Å². The zero-order valence-corrected chi connectivity index (χ0v) is 15.0. The number of benzene rings is 2. The number of carbonyl (C=O) groups excluding carboxylic acids is 2. The molecule has 8 nitrogen and oxygen atoms in total. The second-order valence-electron chi connectivity index (χ2n) is 5.44. The number of rotatable bonds is 7. The first-order valence-electron chi connectivity index (χ1n) is 7.67. The molecule has 0 heterocycles. The standard InChI is InChI=1S/C17H17FN2O6S/c1-11(26-16(21)10-25-14-7-5-12(18)6-8-14)17(22)20-13-3-2-4-15(9-13)27(19,23)24/h2-9,11H,10H2,1H3,(H,20,22)(H2,19,23,24)/t11-/m1/s1. The summed E-state index contributed by atoms with van der Waals surface area (Å²) < 4.78 is 45.5. The van der Waals surface area contributed by atoms with Gasteiger partial charge in [0.1, 0.15) is 11.6 Å². The van der Waals surface area contributed by atoms with Crippen LogP contribution in [0, 0.1) is 5.82 Å². The van der Waals surface area contributed by atoms with E-state index >= 15 is 0 Å². The number of nitrogens with one attached hydrogen (secondary N) is 1. The van der Waals surface area contributed by atoms with E-state index in [0.29, 0.717) is 0 Å². The number of nitrogens with two attached hydrogens (primary N) is 1. The van der Waals surface area contributed by atoms with Crippen LogP contribution < -0.4 is 15.2 Å². The van der Waals surface area contributed by atoms with Crippen molar-refractivity contribution in [3.05, 3.63) is 54.3 Å². The Morgan fingerprint density at radius 1 is 1.19 bits per heavy atom. The van der Waals surface area contributed by atoms with Gasteiger partial charge < -0.3 is 14.8 Å². The van der Waals surface area contributed by atoms with Crippen LogP contribution >= 0.6 is 0 Å². The number of ether oxygens (including phenoxy) is 2. The number of sulfonamides is 1. The molecule has 0 aliphatic rings. The molecule has 0 aromatic heterocycles. The number of esters is 1. The molecule has 1 atom stereocenters. The molecule has 0 unspecified atom stereocenters. The highest BCUT2D eigenvalue weighted by Gasteiger charge is 2.19. The predicted molar refractivity (Wildman–Crippen MR) is 93.9 cm³/mol. The number of carbonyl (C=O) groups is 2. The van der Waals surface area contributed by atoms with Crippen LogP contribution in [0.3, 0.4) is 0 Å². The van der Waals surface area contributed by atoms with Crippen LogP contribution in [-0.2, 0) is 24.3 Å². The van der Waals surface area contributed by atoms with Crippen molar-refractivity contribution in [3.63, 3.8) is 0 Å². The van der Waals surface area contributed by atoms with Crippen LogP contribution in [-0.4, -0.2) is 33.0 Å². The Kier molecular flexibility index (Phi) is 6.48. The topological polar surface area (TPSA) is 125 Å². The minimum atomic E-state index is -3.91. The number of amides is 1. The highest BCUT2D eigenvalue weighted by atomic mass is 32.2. The summed E-state index contributed by atoms with van der Waals surface area (Å²) in [6.07, 6.45) is -1.16. The molecule has 2 rings (SSSR count). The van der Waals surface area contributed by atoms with Gasteiger partial charge >= 0.3 is 5.97 Å². The number of hydrogen-bond donors (Lipinski definition) is 2. The van der Waals surface area contributed by atoms with Crippen molar-refractivity contribution in [2.75, 3.05) is 11.9 Å². The zero-order valence-electron chi connectivity index (χ0n) is 14.2. The van der Waals surface area contributed by atoms with E-state index in [0.717, 1.165) is 0 Å². The van der Waals surface area contributed by atoms with E-state index in [-0.39, 0.29) is 16.3 Å². The molecular weight excluding hydrogens is 379 g/mol. The number of hydrogen-bond acceptors (Lipinski definition) is 6. The van der Waals surface area contributed by atoms with Gasteiger partial charge in [-0.3, -0.25) is 4.79 Å². The smallest absolute Gasteiger partial charge is 0.344 e. The largest absolute Gasteiger partial charge is 0.482 e. The number of anilines is 1. The number of halogens is 1. The summed E-state index contributed by atoms with van der Waals surface area (Å²) in [5.41, 5.74) is 0.178. The summed E-state index contributed by atoms with van der Waals surface area (Å²) in [6, 6.07) is 10.4. The van der Waals surface area contributed by atoms with Gasteiger partial charge in [0.25, 0.3) is 5.91 Å². The van der Waals surface area contributed by atoms with Crippen LogP contribution in [0.2, 0.25) is 0 Å². The van der Waals surface area contributed by atoms with Gasteiger partial charge in [0, 0.05) is 5.69 Å². The second kappa shape index (κ2) is 8.60. The Labute approximate surface area is 155 Å². The summed E-state index contributed by atoms with van der Waals surface area (Å²) in [4.78, 5) is 23.6. The Balaban J connectivity index is 1.87. The molecule has 0 radical (unpaired) electrons. The molecule has 144 valence electrons. The molecule has 0 aliphatic heterocycles. The van der Waals surface area contributed by atoms with E-state index in [1.807, 2.05) is 0 Å². The van der Waals surface area contributed by atoms with Crippen molar-refractivity contribution in [1.82, 2.24) is 0 Å². The average molecular weight is 396 g/mol. The van der Waals surface area contributed by atoms with Crippen LogP contribution in [0.1, 0.15) is 6.92 Å². The molecule has 27 heavy (non-hydrogen) atoms. The average Bonchev–Trinajstić information content (AvgIpc) is 2.60. The highest BCUT2D eigenvalue weighted by molar-refractivity contribution is 7.89. The third kappa shape index (κ3) is 6.35. The number of primary sulfonamides is 1. The molecule has 0 spiro atoms. The fourth-order valence-corrected chi connectivity index (χ4v) is 2.51. The van der Waals surface area contributed by atoms with Gasteiger partial charge in [-0.05, 0) is 49.4 Å². The molecule has 1 amide bonds. The van der Waals surface area contributed by atoms with Gasteiger partial charge in [-0.15, -0.1) is 0 Å². The van der Waals surface area contributed by atoms with Gasteiger partial charge in [0.05, 0.1) is 4.90 Å². The van der Waals surface area contributed by atoms with Gasteiger partial charge in [0.2, 0.25) is 10.0 Å². The van der Waals surface area contributed by atoms with E-state index < -0.39 is 40.4 Å². The second-order valence-corrected chi connectivity index (χ2v) is 7.00. The summed E-state index contributed by atoms with van der Waals surface area (Å²) in [7, 11) is -3.91. The Morgan fingerprint density at radius 2 is 1.85 bits per heavy atom. The lowest BCUT2D eigenvalue weighted by Crippen LogP contribution is -2.31. The van der Waals surface area contributed by atoms with Crippen molar-refractivity contribution >= 4 is 27.6 Å². The molecule has 0 aliphatic carbocycles. The summed E-state index contributed by atoms with van der Waals surface area (Å²) in [6.45, 7) is 0.874. The molecule has 0 fully saturated rings. The minimum Gasteiger partial charge on any atom is -0.482 e. The van der Waals surface area contributed by atoms with Crippen molar-refractivity contribution in [3.8, 4) is 5.75 Å². The Bertz CT molecular complexity index is 931. The fourth-order valence-electron chi connectivity index (χ4n) is 1.95. The first-order valence-corrected chi connectivity index (χ1v) is 9.21. The third-order valence-electron chi connectivity index (χ3n) is 3.28. The fraction of sp³-hybridized carbons (Fsp3) is 0.176. The van der Waals surface area contributed by atoms with E-state index in [9.17, 15) is 22.4 Å². The maximum atomic E-state index is 12.8. The molecule has 2 aromatic carbocycles. The van der Waals surface area contributed by atoms with E-state index in [1.54, 1.807) is 0 Å². The summed E-state index contributed by atoms with van der Waals surface area (Å²) >= 11 is 0. The molecule has 10 heteroatoms. The maximum absolute atomic E-state index is 12.8. The van der Waals surface area contributed by atoms with Gasteiger partial charge in [-0.1, -0.05) is 6.07 Å². The van der Waals surface area contributed by atoms with Gasteiger partial charge in [-0.2, -0.15) is 0 Å². The van der Waals surface area contributed by atoms with Crippen LogP contribution in [0.15, 0.2) is 53.4 Å². The van der Waals surface area contributed by atoms with Gasteiger partial charge in [0.15, 0.2) is 12.7 Å². The first kappa shape index (κ1) is 20.3.